The quantitative estimate of drug-likeness (QED) is 0.801. The first-order valence-corrected chi connectivity index (χ1v) is 8.04. The fourth-order valence-corrected chi connectivity index (χ4v) is 3.05. The Morgan fingerprint density at radius 3 is 3.04 bits per heavy atom. The van der Waals surface area contributed by atoms with Crippen LogP contribution in [0.2, 0.25) is 0 Å². The van der Waals surface area contributed by atoms with Crippen molar-refractivity contribution in [2.45, 2.75) is 25.3 Å². The summed E-state index contributed by atoms with van der Waals surface area (Å²) in [5.74, 6) is 0.864. The van der Waals surface area contributed by atoms with E-state index in [4.69, 9.17) is 14.8 Å². The number of nitrogens with one attached hydrogen (secondary N) is 1. The lowest BCUT2D eigenvalue weighted by Gasteiger charge is -2.10. The fraction of sp³-hybridized carbons (Fsp3) is 0.438. The van der Waals surface area contributed by atoms with Gasteiger partial charge in [0, 0.05) is 19.2 Å². The molecule has 5 rings (SSSR count). The molecule has 1 N–H and O–H groups in total. The molecule has 4 heterocycles. The number of imidazole rings is 1. The molecule has 1 aliphatic heterocycles. The maximum atomic E-state index is 5.39. The third-order valence-electron chi connectivity index (χ3n) is 4.46. The molecule has 7 heteroatoms. The van der Waals surface area contributed by atoms with Crippen molar-refractivity contribution in [3.05, 3.63) is 24.2 Å². The summed E-state index contributed by atoms with van der Waals surface area (Å²) in [6.45, 7) is 1.41. The van der Waals surface area contributed by atoms with Crippen molar-refractivity contribution in [3.63, 3.8) is 0 Å². The van der Waals surface area contributed by atoms with E-state index in [0.29, 0.717) is 12.6 Å². The molecule has 0 unspecified atom stereocenters. The van der Waals surface area contributed by atoms with E-state index in [-0.39, 0.29) is 0 Å². The van der Waals surface area contributed by atoms with Crippen LogP contribution >= 0.6 is 0 Å². The zero-order chi connectivity index (χ0) is 15.4. The molecule has 118 valence electrons. The van der Waals surface area contributed by atoms with E-state index in [1.54, 1.807) is 0 Å². The molecule has 3 aromatic rings. The smallest absolute Gasteiger partial charge is 0.167 e. The van der Waals surface area contributed by atoms with Crippen molar-refractivity contribution in [2.75, 3.05) is 18.5 Å². The largest absolute Gasteiger partial charge is 0.377 e. The van der Waals surface area contributed by atoms with Crippen LogP contribution in [0, 0.1) is 0 Å². The van der Waals surface area contributed by atoms with Crippen molar-refractivity contribution < 1.29 is 4.74 Å². The maximum Gasteiger partial charge on any atom is 0.167 e. The Morgan fingerprint density at radius 2 is 2.26 bits per heavy atom. The van der Waals surface area contributed by atoms with Gasteiger partial charge >= 0.3 is 0 Å². The predicted octanol–water partition coefficient (Wildman–Crippen LogP) is 1.99. The van der Waals surface area contributed by atoms with E-state index in [9.17, 15) is 0 Å². The van der Waals surface area contributed by atoms with Crippen LogP contribution in [0.5, 0.6) is 0 Å². The molecule has 1 saturated carbocycles. The number of anilines is 1. The van der Waals surface area contributed by atoms with Crippen LogP contribution in [-0.2, 0) is 11.8 Å². The van der Waals surface area contributed by atoms with Crippen LogP contribution in [0.4, 0.5) is 5.82 Å². The fourth-order valence-electron chi connectivity index (χ4n) is 3.05. The summed E-state index contributed by atoms with van der Waals surface area (Å²) < 4.78 is 9.28. The van der Waals surface area contributed by atoms with Crippen molar-refractivity contribution >= 4 is 28.2 Å². The van der Waals surface area contributed by atoms with Gasteiger partial charge in [0.1, 0.15) is 0 Å². The molecule has 0 radical (unpaired) electrons. The molecule has 0 saturated heterocycles. The van der Waals surface area contributed by atoms with Crippen molar-refractivity contribution in [2.24, 2.45) is 7.05 Å². The van der Waals surface area contributed by atoms with E-state index in [1.165, 1.54) is 18.4 Å². The highest BCUT2D eigenvalue weighted by Crippen LogP contribution is 2.29. The van der Waals surface area contributed by atoms with Crippen LogP contribution < -0.4 is 5.32 Å². The van der Waals surface area contributed by atoms with Gasteiger partial charge in [-0.25, -0.2) is 9.97 Å². The van der Waals surface area contributed by atoms with Gasteiger partial charge in [-0.15, -0.1) is 0 Å². The van der Waals surface area contributed by atoms with E-state index in [1.807, 2.05) is 22.5 Å². The average molecular weight is 310 g/mol. The summed E-state index contributed by atoms with van der Waals surface area (Å²) in [5.41, 5.74) is 4.91. The van der Waals surface area contributed by atoms with E-state index in [2.05, 4.69) is 22.4 Å². The summed E-state index contributed by atoms with van der Waals surface area (Å²) in [5, 5.41) is 8.27. The molecule has 2 aliphatic rings. The number of hydrogen-bond donors (Lipinski definition) is 1. The monoisotopic (exact) mass is 310 g/mol. The van der Waals surface area contributed by atoms with Crippen LogP contribution in [0.15, 0.2) is 18.5 Å². The molecule has 1 fully saturated rings. The van der Waals surface area contributed by atoms with Crippen molar-refractivity contribution in [1.82, 2.24) is 24.1 Å². The zero-order valence-corrected chi connectivity index (χ0v) is 13.0. The summed E-state index contributed by atoms with van der Waals surface area (Å²) in [4.78, 5) is 9.28. The highest BCUT2D eigenvalue weighted by atomic mass is 16.5. The summed E-state index contributed by atoms with van der Waals surface area (Å²) in [6, 6.07) is 2.59. The number of aromatic nitrogens is 5. The van der Waals surface area contributed by atoms with E-state index in [0.717, 1.165) is 41.4 Å². The van der Waals surface area contributed by atoms with Crippen molar-refractivity contribution in [3.8, 4) is 0 Å². The highest BCUT2D eigenvalue weighted by molar-refractivity contribution is 5.86. The minimum atomic E-state index is 0.538. The van der Waals surface area contributed by atoms with Crippen LogP contribution in [0.1, 0.15) is 25.0 Å². The van der Waals surface area contributed by atoms with Gasteiger partial charge in [0.25, 0.3) is 0 Å². The Labute approximate surface area is 133 Å². The van der Waals surface area contributed by atoms with Gasteiger partial charge in [0.05, 0.1) is 25.2 Å². The van der Waals surface area contributed by atoms with Crippen LogP contribution in [0.25, 0.3) is 22.4 Å². The molecule has 3 aromatic heterocycles. The molecule has 0 aromatic carbocycles. The molecule has 23 heavy (non-hydrogen) atoms. The SMILES string of the molecule is Cn1cnc2c(NC3CC3)nc3cc(C4=CCOCC4)nn3c21. The van der Waals surface area contributed by atoms with Crippen molar-refractivity contribution in [1.29, 1.82) is 0 Å². The molecule has 0 bridgehead atoms. The lowest BCUT2D eigenvalue weighted by molar-refractivity contribution is 0.161. The average Bonchev–Trinajstić information content (AvgIpc) is 3.15. The lowest BCUT2D eigenvalue weighted by Crippen LogP contribution is -2.07. The second-order valence-corrected chi connectivity index (χ2v) is 6.26. The Bertz CT molecular complexity index is 933. The second-order valence-electron chi connectivity index (χ2n) is 6.26. The van der Waals surface area contributed by atoms with Gasteiger partial charge in [-0.2, -0.15) is 9.61 Å². The Kier molecular flexibility index (Phi) is 2.72. The van der Waals surface area contributed by atoms with Crippen LogP contribution in [0.3, 0.4) is 0 Å². The third-order valence-corrected chi connectivity index (χ3v) is 4.46. The Hall–Kier alpha value is -2.41. The summed E-state index contributed by atoms with van der Waals surface area (Å²) in [7, 11) is 1.99. The van der Waals surface area contributed by atoms with Gasteiger partial charge in [-0.3, -0.25) is 0 Å². The number of fused-ring (bicyclic) bond motifs is 3. The third kappa shape index (κ3) is 2.11. The number of aryl methyl sites for hydroxylation is 1. The first kappa shape index (κ1) is 13.1. The molecule has 7 nitrogen and oxygen atoms in total. The Balaban J connectivity index is 1.72. The Morgan fingerprint density at radius 1 is 1.35 bits per heavy atom. The van der Waals surface area contributed by atoms with E-state index >= 15 is 0 Å². The minimum Gasteiger partial charge on any atom is -0.377 e. The predicted molar refractivity (Wildman–Crippen MR) is 87.3 cm³/mol. The summed E-state index contributed by atoms with van der Waals surface area (Å²) >= 11 is 0. The van der Waals surface area contributed by atoms with Gasteiger partial charge in [0.15, 0.2) is 22.6 Å². The van der Waals surface area contributed by atoms with Gasteiger partial charge in [0.2, 0.25) is 0 Å². The highest BCUT2D eigenvalue weighted by Gasteiger charge is 2.24. The number of ether oxygens (including phenoxy) is 1. The second kappa shape index (κ2) is 4.79. The van der Waals surface area contributed by atoms with Gasteiger partial charge in [-0.05, 0) is 24.8 Å². The van der Waals surface area contributed by atoms with Gasteiger partial charge < -0.3 is 14.6 Å². The lowest BCUT2D eigenvalue weighted by atomic mass is 10.1. The normalized spacial score (nSPS) is 18.6. The molecule has 0 spiro atoms. The van der Waals surface area contributed by atoms with Gasteiger partial charge in [-0.1, -0.05) is 6.08 Å². The molecular weight excluding hydrogens is 292 g/mol. The first-order chi connectivity index (χ1) is 11.3. The first-order valence-electron chi connectivity index (χ1n) is 8.04. The topological polar surface area (TPSA) is 69.3 Å². The minimum absolute atomic E-state index is 0.538. The van der Waals surface area contributed by atoms with Crippen LogP contribution in [-0.4, -0.2) is 43.4 Å². The number of nitrogens with zero attached hydrogens (tertiary/aromatic N) is 5. The molecular formula is C16H18N6O. The van der Waals surface area contributed by atoms with E-state index < -0.39 is 0 Å². The molecule has 0 amide bonds. The summed E-state index contributed by atoms with van der Waals surface area (Å²) in [6.07, 6.45) is 7.23. The standard InChI is InChI=1S/C16H18N6O/c1-21-9-17-14-15(18-11-2-3-11)19-13-8-12(20-22(13)16(14)21)10-4-6-23-7-5-10/h4,8-9,11H,2-3,5-7H2,1H3,(H,18,19). The number of hydrogen-bond acceptors (Lipinski definition) is 5. The molecule has 1 aliphatic carbocycles. The molecule has 0 atom stereocenters. The zero-order valence-electron chi connectivity index (χ0n) is 13.0. The maximum absolute atomic E-state index is 5.39. The number of rotatable bonds is 3.